The third-order valence-electron chi connectivity index (χ3n) is 2.73. The molecule has 0 atom stereocenters. The van der Waals surface area contributed by atoms with Gasteiger partial charge in [0.25, 0.3) is 5.91 Å². The summed E-state index contributed by atoms with van der Waals surface area (Å²) in [5.41, 5.74) is -0.116. The minimum atomic E-state index is -0.513. The molecule has 6 heteroatoms. The quantitative estimate of drug-likeness (QED) is 0.888. The number of hydrogen-bond donors (Lipinski definition) is 2. The second-order valence-electron chi connectivity index (χ2n) is 4.85. The Hall–Kier alpha value is -1.95. The van der Waals surface area contributed by atoms with E-state index in [9.17, 15) is 4.79 Å². The molecule has 5 nitrogen and oxygen atoms in total. The van der Waals surface area contributed by atoms with Crippen LogP contribution in [0.5, 0.6) is 0 Å². The normalized spacial score (nSPS) is 11.2. The summed E-state index contributed by atoms with van der Waals surface area (Å²) in [6.45, 7) is 6.61. The van der Waals surface area contributed by atoms with Gasteiger partial charge in [-0.2, -0.15) is 0 Å². The fourth-order valence-corrected chi connectivity index (χ4v) is 2.49. The van der Waals surface area contributed by atoms with Crippen LogP contribution in [-0.4, -0.2) is 22.4 Å². The van der Waals surface area contributed by atoms with Gasteiger partial charge >= 0.3 is 0 Å². The molecule has 0 aliphatic rings. The molecule has 1 amide bonds. The second kappa shape index (κ2) is 6.00. The lowest BCUT2D eigenvalue weighted by molar-refractivity contribution is 0.0907. The van der Waals surface area contributed by atoms with Crippen LogP contribution in [0.4, 0.5) is 5.82 Å². The van der Waals surface area contributed by atoms with Crippen molar-refractivity contribution in [2.75, 3.05) is 11.9 Å². The molecule has 2 heterocycles. The number of carbonyl (C=O) groups excluding carboxylic acids is 1. The first-order chi connectivity index (χ1) is 9.53. The summed E-state index contributed by atoms with van der Waals surface area (Å²) < 4.78 is 0. The molecule has 0 radical (unpaired) electrons. The molecule has 106 valence electrons. The molecule has 2 aromatic heterocycles. The average molecular weight is 290 g/mol. The Morgan fingerprint density at radius 2 is 2.20 bits per heavy atom. The van der Waals surface area contributed by atoms with Gasteiger partial charge in [-0.15, -0.1) is 11.3 Å². The molecule has 0 unspecified atom stereocenters. The Bertz CT molecular complexity index is 581. The number of pyridine rings is 1. The summed E-state index contributed by atoms with van der Waals surface area (Å²) in [4.78, 5) is 20.8. The van der Waals surface area contributed by atoms with E-state index in [4.69, 9.17) is 0 Å². The third kappa shape index (κ3) is 3.33. The number of thiazole rings is 1. The third-order valence-corrected chi connectivity index (χ3v) is 3.83. The van der Waals surface area contributed by atoms with Crippen LogP contribution in [0.1, 0.15) is 36.3 Å². The maximum atomic E-state index is 12.3. The monoisotopic (exact) mass is 290 g/mol. The van der Waals surface area contributed by atoms with Gasteiger partial charge in [0.2, 0.25) is 0 Å². The topological polar surface area (TPSA) is 66.9 Å². The lowest BCUT2D eigenvalue weighted by Gasteiger charge is -2.23. The molecule has 0 aliphatic heterocycles. The Balaban J connectivity index is 2.14. The zero-order valence-corrected chi connectivity index (χ0v) is 12.6. The van der Waals surface area contributed by atoms with E-state index >= 15 is 0 Å². The minimum absolute atomic E-state index is 0.204. The summed E-state index contributed by atoms with van der Waals surface area (Å²) in [5.74, 6) is 0.497. The van der Waals surface area contributed by atoms with Gasteiger partial charge in [-0.25, -0.2) is 9.97 Å². The predicted molar refractivity (Wildman–Crippen MR) is 81.0 cm³/mol. The van der Waals surface area contributed by atoms with Crippen LogP contribution in [0.3, 0.4) is 0 Å². The molecule has 0 bridgehead atoms. The van der Waals surface area contributed by atoms with Gasteiger partial charge in [0.05, 0.1) is 5.54 Å². The Morgan fingerprint density at radius 3 is 2.85 bits per heavy atom. The van der Waals surface area contributed by atoms with Crippen molar-refractivity contribution in [3.63, 3.8) is 0 Å². The number of amides is 1. The van der Waals surface area contributed by atoms with Crippen LogP contribution in [0, 0.1) is 0 Å². The second-order valence-corrected chi connectivity index (χ2v) is 5.75. The van der Waals surface area contributed by atoms with Gasteiger partial charge < -0.3 is 10.6 Å². The van der Waals surface area contributed by atoms with E-state index in [2.05, 4.69) is 20.6 Å². The highest BCUT2D eigenvalue weighted by molar-refractivity contribution is 7.09. The number of anilines is 1. The van der Waals surface area contributed by atoms with Crippen molar-refractivity contribution in [3.8, 4) is 0 Å². The highest BCUT2D eigenvalue weighted by Crippen LogP contribution is 2.22. The smallest absolute Gasteiger partial charge is 0.270 e. The number of nitrogens with one attached hydrogen (secondary N) is 2. The first-order valence-corrected chi connectivity index (χ1v) is 7.34. The average Bonchev–Trinajstić information content (AvgIpc) is 2.93. The number of aromatic nitrogens is 2. The standard InChI is InChI=1S/C14H18N4OS/c1-4-15-11-7-5-6-10(17-11)12(19)18-14(2,3)13-16-8-9-20-13/h5-9H,4H2,1-3H3,(H,15,17)(H,18,19). The minimum Gasteiger partial charge on any atom is -0.370 e. The van der Waals surface area contributed by atoms with Crippen molar-refractivity contribution in [3.05, 3.63) is 40.5 Å². The largest absolute Gasteiger partial charge is 0.370 e. The maximum Gasteiger partial charge on any atom is 0.270 e. The zero-order valence-electron chi connectivity index (χ0n) is 11.8. The van der Waals surface area contributed by atoms with E-state index < -0.39 is 5.54 Å². The number of carbonyl (C=O) groups is 1. The van der Waals surface area contributed by atoms with E-state index in [0.717, 1.165) is 11.6 Å². The van der Waals surface area contributed by atoms with Crippen molar-refractivity contribution in [2.45, 2.75) is 26.3 Å². The zero-order chi connectivity index (χ0) is 14.6. The van der Waals surface area contributed by atoms with E-state index in [1.165, 1.54) is 11.3 Å². The van der Waals surface area contributed by atoms with E-state index in [1.807, 2.05) is 38.3 Å². The first-order valence-electron chi connectivity index (χ1n) is 6.46. The lowest BCUT2D eigenvalue weighted by Crippen LogP contribution is -2.41. The molecule has 20 heavy (non-hydrogen) atoms. The van der Waals surface area contributed by atoms with Crippen LogP contribution in [0.25, 0.3) is 0 Å². The molecule has 2 aromatic rings. The Morgan fingerprint density at radius 1 is 1.40 bits per heavy atom. The molecular weight excluding hydrogens is 272 g/mol. The van der Waals surface area contributed by atoms with Crippen LogP contribution in [0.2, 0.25) is 0 Å². The van der Waals surface area contributed by atoms with E-state index in [0.29, 0.717) is 11.5 Å². The fraction of sp³-hybridized carbons (Fsp3) is 0.357. The summed E-state index contributed by atoms with van der Waals surface area (Å²) in [6.07, 6.45) is 1.73. The molecule has 0 saturated carbocycles. The molecule has 0 aromatic carbocycles. The van der Waals surface area contributed by atoms with Crippen molar-refractivity contribution in [1.29, 1.82) is 0 Å². The van der Waals surface area contributed by atoms with E-state index in [1.54, 1.807) is 12.3 Å². The Labute approximate surface area is 122 Å². The van der Waals surface area contributed by atoms with Crippen molar-refractivity contribution >= 4 is 23.1 Å². The van der Waals surface area contributed by atoms with Gasteiger partial charge in [0.1, 0.15) is 16.5 Å². The van der Waals surface area contributed by atoms with Crippen molar-refractivity contribution in [1.82, 2.24) is 15.3 Å². The van der Waals surface area contributed by atoms with Gasteiger partial charge in [0, 0.05) is 18.1 Å². The molecule has 2 N–H and O–H groups in total. The summed E-state index contributed by atoms with van der Waals surface area (Å²) in [7, 11) is 0. The van der Waals surface area contributed by atoms with E-state index in [-0.39, 0.29) is 5.91 Å². The number of rotatable bonds is 5. The lowest BCUT2D eigenvalue weighted by atomic mass is 10.1. The van der Waals surface area contributed by atoms with Gasteiger partial charge in [-0.1, -0.05) is 6.07 Å². The maximum absolute atomic E-state index is 12.3. The summed E-state index contributed by atoms with van der Waals surface area (Å²) in [6, 6.07) is 5.36. The number of nitrogens with zero attached hydrogens (tertiary/aromatic N) is 2. The Kier molecular flexibility index (Phi) is 4.34. The highest BCUT2D eigenvalue weighted by atomic mass is 32.1. The molecule has 0 aliphatic carbocycles. The van der Waals surface area contributed by atoms with Crippen molar-refractivity contribution in [2.24, 2.45) is 0 Å². The first kappa shape index (κ1) is 14.5. The van der Waals surface area contributed by atoms with Crippen LogP contribution >= 0.6 is 11.3 Å². The molecule has 0 spiro atoms. The van der Waals surface area contributed by atoms with Crippen LogP contribution < -0.4 is 10.6 Å². The predicted octanol–water partition coefficient (Wildman–Crippen LogP) is 2.64. The van der Waals surface area contributed by atoms with Crippen LogP contribution in [0.15, 0.2) is 29.8 Å². The fourth-order valence-electron chi connectivity index (χ4n) is 1.77. The van der Waals surface area contributed by atoms with Gasteiger partial charge in [-0.3, -0.25) is 4.79 Å². The summed E-state index contributed by atoms with van der Waals surface area (Å²) in [5, 5.41) is 8.82. The number of hydrogen-bond acceptors (Lipinski definition) is 5. The summed E-state index contributed by atoms with van der Waals surface area (Å²) >= 11 is 1.52. The van der Waals surface area contributed by atoms with Gasteiger partial charge in [-0.05, 0) is 32.9 Å². The molecular formula is C14H18N4OS. The van der Waals surface area contributed by atoms with Gasteiger partial charge in [0.15, 0.2) is 0 Å². The van der Waals surface area contributed by atoms with Crippen molar-refractivity contribution < 1.29 is 4.79 Å². The molecule has 0 saturated heterocycles. The van der Waals surface area contributed by atoms with Crippen LogP contribution in [-0.2, 0) is 5.54 Å². The molecule has 0 fully saturated rings. The molecule has 2 rings (SSSR count). The highest BCUT2D eigenvalue weighted by Gasteiger charge is 2.26. The SMILES string of the molecule is CCNc1cccc(C(=O)NC(C)(C)c2nccs2)n1.